The van der Waals surface area contributed by atoms with Gasteiger partial charge in [0.25, 0.3) is 0 Å². The van der Waals surface area contributed by atoms with Crippen LogP contribution in [0.4, 0.5) is 0 Å². The van der Waals surface area contributed by atoms with Gasteiger partial charge in [-0.1, -0.05) is 18.5 Å². The highest BCUT2D eigenvalue weighted by Gasteiger charge is 2.56. The Morgan fingerprint density at radius 2 is 2.17 bits per heavy atom. The van der Waals surface area contributed by atoms with Crippen LogP contribution in [0.15, 0.2) is 30.1 Å². The number of halogens is 1. The van der Waals surface area contributed by atoms with Gasteiger partial charge in [0, 0.05) is 18.8 Å². The fraction of sp³-hybridized carbons (Fsp3) is 0.632. The van der Waals surface area contributed by atoms with Gasteiger partial charge in [-0.05, 0) is 79.8 Å². The number of methoxy groups -OCH3 is 1. The fourth-order valence-electron chi connectivity index (χ4n) is 4.93. The molecule has 4 saturated carbocycles. The summed E-state index contributed by atoms with van der Waals surface area (Å²) in [7, 11) is 1.82. The van der Waals surface area contributed by atoms with Gasteiger partial charge in [-0.3, -0.25) is 0 Å². The van der Waals surface area contributed by atoms with Crippen LogP contribution in [0.25, 0.3) is 0 Å². The SMILES string of the molecule is COC1(c2ccnc(Cl)c2)/C(=C/NC23CC(C2)C3)CCCC1C. The first-order valence-corrected chi connectivity index (χ1v) is 9.10. The quantitative estimate of drug-likeness (QED) is 0.829. The molecule has 4 fully saturated rings. The molecule has 0 aliphatic heterocycles. The van der Waals surface area contributed by atoms with Crippen LogP contribution in [0.3, 0.4) is 0 Å². The lowest BCUT2D eigenvalue weighted by Gasteiger charge is -2.62. The van der Waals surface area contributed by atoms with E-state index in [0.717, 1.165) is 17.9 Å². The van der Waals surface area contributed by atoms with Gasteiger partial charge >= 0.3 is 0 Å². The van der Waals surface area contributed by atoms with Crippen LogP contribution in [0, 0.1) is 11.8 Å². The Bertz CT molecular complexity index is 627. The summed E-state index contributed by atoms with van der Waals surface area (Å²) in [6, 6.07) is 4.01. The molecule has 1 aromatic rings. The average Bonchev–Trinajstić information content (AvgIpc) is 2.45. The minimum absolute atomic E-state index is 0.388. The third kappa shape index (κ3) is 2.32. The van der Waals surface area contributed by atoms with Crippen molar-refractivity contribution in [2.75, 3.05) is 7.11 Å². The summed E-state index contributed by atoms with van der Waals surface area (Å²) in [5, 5.41) is 4.27. The highest BCUT2D eigenvalue weighted by atomic mass is 35.5. The molecule has 0 spiro atoms. The lowest BCUT2D eigenvalue weighted by molar-refractivity contribution is -0.0513. The number of pyridine rings is 1. The van der Waals surface area contributed by atoms with E-state index in [4.69, 9.17) is 16.3 Å². The first-order chi connectivity index (χ1) is 11.1. The highest BCUT2D eigenvalue weighted by molar-refractivity contribution is 6.29. The van der Waals surface area contributed by atoms with Gasteiger partial charge < -0.3 is 10.1 Å². The van der Waals surface area contributed by atoms with E-state index >= 15 is 0 Å². The Morgan fingerprint density at radius 1 is 1.39 bits per heavy atom. The number of rotatable bonds is 4. The van der Waals surface area contributed by atoms with E-state index in [0.29, 0.717) is 16.6 Å². The molecule has 1 heterocycles. The third-order valence-corrected chi connectivity index (χ3v) is 6.53. The van der Waals surface area contributed by atoms with Crippen LogP contribution < -0.4 is 5.32 Å². The summed E-state index contributed by atoms with van der Waals surface area (Å²) in [5.41, 5.74) is 2.48. The maximum Gasteiger partial charge on any atom is 0.129 e. The van der Waals surface area contributed by atoms with Crippen molar-refractivity contribution in [1.82, 2.24) is 10.3 Å². The van der Waals surface area contributed by atoms with Gasteiger partial charge in [0.05, 0.1) is 0 Å². The second-order valence-corrected chi connectivity index (χ2v) is 8.06. The zero-order valence-corrected chi connectivity index (χ0v) is 14.7. The van der Waals surface area contributed by atoms with Gasteiger partial charge in [0.1, 0.15) is 10.8 Å². The molecule has 124 valence electrons. The lowest BCUT2D eigenvalue weighted by atomic mass is 9.50. The molecule has 4 aliphatic carbocycles. The molecule has 23 heavy (non-hydrogen) atoms. The normalized spacial score (nSPS) is 40.4. The molecule has 1 aromatic heterocycles. The summed E-state index contributed by atoms with van der Waals surface area (Å²) in [5.74, 6) is 1.40. The van der Waals surface area contributed by atoms with E-state index in [1.54, 1.807) is 6.20 Å². The first kappa shape index (κ1) is 15.5. The Morgan fingerprint density at radius 3 is 2.78 bits per heavy atom. The lowest BCUT2D eigenvalue weighted by Crippen LogP contribution is -2.65. The van der Waals surface area contributed by atoms with Gasteiger partial charge in [-0.15, -0.1) is 0 Å². The second kappa shape index (κ2) is 5.49. The Labute approximate surface area is 143 Å². The zero-order chi connectivity index (χ0) is 16.1. The molecule has 4 aliphatic rings. The molecule has 2 atom stereocenters. The summed E-state index contributed by atoms with van der Waals surface area (Å²) in [4.78, 5) is 4.14. The Kier molecular flexibility index (Phi) is 3.69. The van der Waals surface area contributed by atoms with Crippen molar-refractivity contribution in [3.05, 3.63) is 40.8 Å². The van der Waals surface area contributed by atoms with E-state index < -0.39 is 0 Å². The molecule has 2 bridgehead atoms. The predicted molar refractivity (Wildman–Crippen MR) is 92.2 cm³/mol. The number of ether oxygens (including phenoxy) is 1. The minimum atomic E-state index is -0.388. The van der Waals surface area contributed by atoms with Crippen molar-refractivity contribution in [2.24, 2.45) is 11.8 Å². The number of aromatic nitrogens is 1. The molecule has 3 nitrogen and oxygen atoms in total. The molecule has 2 unspecified atom stereocenters. The van der Waals surface area contributed by atoms with Crippen molar-refractivity contribution in [1.29, 1.82) is 0 Å². The fourth-order valence-corrected chi connectivity index (χ4v) is 5.11. The molecule has 1 N–H and O–H groups in total. The molecule has 4 heteroatoms. The van der Waals surface area contributed by atoms with Crippen LogP contribution in [0.2, 0.25) is 5.15 Å². The number of hydrogen-bond acceptors (Lipinski definition) is 3. The van der Waals surface area contributed by atoms with Crippen LogP contribution in [0.5, 0.6) is 0 Å². The van der Waals surface area contributed by atoms with Gasteiger partial charge in [-0.25, -0.2) is 4.98 Å². The smallest absolute Gasteiger partial charge is 0.129 e. The zero-order valence-electron chi connectivity index (χ0n) is 13.9. The summed E-state index contributed by atoms with van der Waals surface area (Å²) in [6.07, 6.45) is 11.5. The van der Waals surface area contributed by atoms with Crippen LogP contribution in [-0.4, -0.2) is 17.6 Å². The molecule has 0 saturated heterocycles. The Balaban J connectivity index is 1.70. The average molecular weight is 333 g/mol. The van der Waals surface area contributed by atoms with Crippen molar-refractivity contribution in [3.8, 4) is 0 Å². The standard InChI is InChI=1S/C19H25ClN2O/c1-13-4-3-5-16(12-22-18-9-14(10-18)11-18)19(13,23-2)15-6-7-21-17(20)8-15/h6-8,12-14,22H,3-5,9-11H2,1-2H3/b16-12+. The van der Waals surface area contributed by atoms with E-state index in [1.165, 1.54) is 37.7 Å². The maximum atomic E-state index is 6.18. The van der Waals surface area contributed by atoms with Crippen molar-refractivity contribution in [2.45, 2.75) is 56.6 Å². The summed E-state index contributed by atoms with van der Waals surface area (Å²) >= 11 is 6.16. The van der Waals surface area contributed by atoms with Crippen molar-refractivity contribution >= 4 is 11.6 Å². The van der Waals surface area contributed by atoms with E-state index in [2.05, 4.69) is 23.4 Å². The van der Waals surface area contributed by atoms with Crippen LogP contribution in [0.1, 0.15) is 51.0 Å². The topological polar surface area (TPSA) is 34.1 Å². The largest absolute Gasteiger partial charge is 0.385 e. The highest BCUT2D eigenvalue weighted by Crippen LogP contribution is 2.57. The molecule has 0 amide bonds. The van der Waals surface area contributed by atoms with Crippen LogP contribution in [-0.2, 0) is 10.3 Å². The number of hydrogen-bond donors (Lipinski definition) is 1. The van der Waals surface area contributed by atoms with Gasteiger partial charge in [-0.2, -0.15) is 0 Å². The van der Waals surface area contributed by atoms with Crippen molar-refractivity contribution < 1.29 is 4.74 Å². The molecule has 0 aromatic carbocycles. The predicted octanol–water partition coefficient (Wildman–Crippen LogP) is 4.42. The Hall–Kier alpha value is -1.06. The minimum Gasteiger partial charge on any atom is -0.385 e. The summed E-state index contributed by atoms with van der Waals surface area (Å²) < 4.78 is 6.18. The van der Waals surface area contributed by atoms with Gasteiger partial charge in [0.2, 0.25) is 0 Å². The second-order valence-electron chi connectivity index (χ2n) is 7.67. The third-order valence-electron chi connectivity index (χ3n) is 6.32. The molecular formula is C19H25ClN2O. The summed E-state index contributed by atoms with van der Waals surface area (Å²) in [6.45, 7) is 2.28. The molecule has 0 radical (unpaired) electrons. The van der Waals surface area contributed by atoms with E-state index in [1.807, 2.05) is 19.2 Å². The molecule has 5 rings (SSSR count). The first-order valence-electron chi connectivity index (χ1n) is 8.72. The number of nitrogens with one attached hydrogen (secondary N) is 1. The van der Waals surface area contributed by atoms with Crippen molar-refractivity contribution in [3.63, 3.8) is 0 Å². The number of nitrogens with zero attached hydrogens (tertiary/aromatic N) is 1. The molecular weight excluding hydrogens is 308 g/mol. The maximum absolute atomic E-state index is 6.18. The van der Waals surface area contributed by atoms with E-state index in [-0.39, 0.29) is 5.60 Å². The van der Waals surface area contributed by atoms with Crippen LogP contribution >= 0.6 is 11.6 Å². The van der Waals surface area contributed by atoms with Gasteiger partial charge in [0.15, 0.2) is 0 Å². The van der Waals surface area contributed by atoms with E-state index in [9.17, 15) is 0 Å². The monoisotopic (exact) mass is 332 g/mol.